The van der Waals surface area contributed by atoms with Crippen molar-refractivity contribution in [1.29, 1.82) is 0 Å². The van der Waals surface area contributed by atoms with Crippen LogP contribution in [0.5, 0.6) is 0 Å². The number of rotatable bonds is 1. The zero-order chi connectivity index (χ0) is 13.4. The molecule has 1 amide bonds. The van der Waals surface area contributed by atoms with Crippen LogP contribution in [0.1, 0.15) is 36.0 Å². The Morgan fingerprint density at radius 3 is 2.37 bits per heavy atom. The molecule has 1 aromatic rings. The molecule has 4 nitrogen and oxygen atoms in total. The molecule has 1 saturated heterocycles. The highest BCUT2D eigenvalue weighted by Gasteiger charge is 2.26. The number of carbonyl (C=O) groups excluding carboxylic acids is 1. The Morgan fingerprint density at radius 1 is 1.11 bits per heavy atom. The van der Waals surface area contributed by atoms with Crippen molar-refractivity contribution in [3.63, 3.8) is 0 Å². The summed E-state index contributed by atoms with van der Waals surface area (Å²) in [5.41, 5.74) is 3.22. The van der Waals surface area contributed by atoms with E-state index in [0.717, 1.165) is 25.9 Å². The van der Waals surface area contributed by atoms with Gasteiger partial charge in [-0.3, -0.25) is 9.59 Å². The summed E-state index contributed by atoms with van der Waals surface area (Å²) in [6, 6.07) is 3.37. The summed E-state index contributed by atoms with van der Waals surface area (Å²) in [5, 5.41) is 0. The Morgan fingerprint density at radius 2 is 1.74 bits per heavy atom. The predicted octanol–water partition coefficient (Wildman–Crippen LogP) is 1.71. The van der Waals surface area contributed by atoms with Crippen molar-refractivity contribution in [3.8, 4) is 0 Å². The van der Waals surface area contributed by atoms with Crippen LogP contribution in [0.2, 0.25) is 0 Å². The molecule has 0 radical (unpaired) electrons. The lowest BCUT2D eigenvalue weighted by atomic mass is 10.0. The van der Waals surface area contributed by atoms with Crippen molar-refractivity contribution < 1.29 is 4.79 Å². The minimum Gasteiger partial charge on any atom is -0.338 e. The third-order valence-electron chi connectivity index (χ3n) is 4.01. The quantitative estimate of drug-likeness (QED) is 0.720. The largest absolute Gasteiger partial charge is 0.338 e. The van der Waals surface area contributed by atoms with Crippen LogP contribution in [0.3, 0.4) is 0 Å². The van der Waals surface area contributed by atoms with Crippen molar-refractivity contribution in [2.24, 2.45) is 7.05 Å². The van der Waals surface area contributed by atoms with Gasteiger partial charge < -0.3 is 9.47 Å². The fraction of sp³-hybridized carbons (Fsp3) is 0.467. The number of amides is 1. The molecular formula is C15H18N2O2. The van der Waals surface area contributed by atoms with Crippen LogP contribution in [0.15, 0.2) is 34.3 Å². The summed E-state index contributed by atoms with van der Waals surface area (Å²) in [6.07, 6.45) is 6.14. The van der Waals surface area contributed by atoms with Crippen LogP contribution >= 0.6 is 0 Å². The molecule has 0 aromatic carbocycles. The van der Waals surface area contributed by atoms with Crippen LogP contribution in [0, 0.1) is 0 Å². The molecule has 0 N–H and O–H groups in total. The highest BCUT2D eigenvalue weighted by Crippen LogP contribution is 2.36. The van der Waals surface area contributed by atoms with Crippen LogP contribution in [-0.2, 0) is 7.05 Å². The van der Waals surface area contributed by atoms with E-state index in [2.05, 4.69) is 0 Å². The van der Waals surface area contributed by atoms with Gasteiger partial charge in [0.2, 0.25) is 0 Å². The second-order valence-electron chi connectivity index (χ2n) is 5.34. The molecule has 0 spiro atoms. The van der Waals surface area contributed by atoms with Gasteiger partial charge in [0.05, 0.1) is 0 Å². The van der Waals surface area contributed by atoms with Gasteiger partial charge in [0.1, 0.15) is 5.56 Å². The lowest BCUT2D eigenvalue weighted by molar-refractivity contribution is 0.0741. The summed E-state index contributed by atoms with van der Waals surface area (Å²) in [4.78, 5) is 26.1. The van der Waals surface area contributed by atoms with E-state index in [1.165, 1.54) is 17.4 Å². The molecule has 3 rings (SSSR count). The number of aromatic nitrogens is 1. The number of aryl methyl sites for hydroxylation is 1. The van der Waals surface area contributed by atoms with Gasteiger partial charge in [-0.2, -0.15) is 0 Å². The fourth-order valence-electron chi connectivity index (χ4n) is 2.68. The zero-order valence-corrected chi connectivity index (χ0v) is 11.2. The molecular weight excluding hydrogens is 240 g/mol. The molecule has 1 aliphatic heterocycles. The van der Waals surface area contributed by atoms with Crippen molar-refractivity contribution in [3.05, 3.63) is 45.4 Å². The number of pyridine rings is 1. The average Bonchev–Trinajstić information content (AvgIpc) is 3.26. The average molecular weight is 258 g/mol. The predicted molar refractivity (Wildman–Crippen MR) is 73.1 cm³/mol. The van der Waals surface area contributed by atoms with Gasteiger partial charge in [-0.1, -0.05) is 11.1 Å². The summed E-state index contributed by atoms with van der Waals surface area (Å²) in [5.74, 6) is -0.124. The van der Waals surface area contributed by atoms with E-state index in [-0.39, 0.29) is 17.0 Å². The first-order valence-electron chi connectivity index (χ1n) is 6.81. The fourth-order valence-corrected chi connectivity index (χ4v) is 2.68. The summed E-state index contributed by atoms with van der Waals surface area (Å²) >= 11 is 0. The number of allylic oxidation sites excluding steroid dienone is 1. The second-order valence-corrected chi connectivity index (χ2v) is 5.34. The van der Waals surface area contributed by atoms with Crippen LogP contribution in [-0.4, -0.2) is 28.5 Å². The van der Waals surface area contributed by atoms with Gasteiger partial charge in [0, 0.05) is 26.3 Å². The van der Waals surface area contributed by atoms with Crippen molar-refractivity contribution >= 4 is 5.91 Å². The second kappa shape index (κ2) is 4.68. The lowest BCUT2D eigenvalue weighted by Gasteiger charge is -2.28. The third kappa shape index (κ3) is 2.35. The first-order chi connectivity index (χ1) is 9.16. The van der Waals surface area contributed by atoms with Gasteiger partial charge in [-0.15, -0.1) is 0 Å². The van der Waals surface area contributed by atoms with Gasteiger partial charge >= 0.3 is 0 Å². The molecule has 0 unspecified atom stereocenters. The highest BCUT2D eigenvalue weighted by atomic mass is 16.2. The first-order valence-corrected chi connectivity index (χ1v) is 6.81. The molecule has 0 atom stereocenters. The van der Waals surface area contributed by atoms with E-state index in [9.17, 15) is 9.59 Å². The molecule has 1 aliphatic carbocycles. The Balaban J connectivity index is 1.76. The Bertz CT molecular complexity index is 597. The van der Waals surface area contributed by atoms with Gasteiger partial charge in [-0.25, -0.2) is 0 Å². The Labute approximate surface area is 112 Å². The first kappa shape index (κ1) is 12.2. The lowest BCUT2D eigenvalue weighted by Crippen LogP contribution is -2.39. The van der Waals surface area contributed by atoms with E-state index >= 15 is 0 Å². The zero-order valence-electron chi connectivity index (χ0n) is 11.2. The number of carbonyl (C=O) groups is 1. The Hall–Kier alpha value is -1.84. The molecule has 2 heterocycles. The number of hydrogen-bond donors (Lipinski definition) is 0. The summed E-state index contributed by atoms with van der Waals surface area (Å²) in [6.45, 7) is 1.49. The van der Waals surface area contributed by atoms with Crippen LogP contribution in [0.25, 0.3) is 0 Å². The van der Waals surface area contributed by atoms with E-state index in [1.54, 1.807) is 36.5 Å². The maximum atomic E-state index is 12.4. The van der Waals surface area contributed by atoms with Gasteiger partial charge in [0.15, 0.2) is 0 Å². The van der Waals surface area contributed by atoms with Crippen LogP contribution in [0.4, 0.5) is 0 Å². The molecule has 0 bridgehead atoms. The molecule has 1 aromatic heterocycles. The van der Waals surface area contributed by atoms with Crippen molar-refractivity contribution in [2.45, 2.75) is 25.7 Å². The maximum Gasteiger partial charge on any atom is 0.263 e. The maximum absolute atomic E-state index is 12.4. The van der Waals surface area contributed by atoms with Gasteiger partial charge in [-0.05, 0) is 37.8 Å². The molecule has 2 aliphatic rings. The van der Waals surface area contributed by atoms with Crippen LogP contribution < -0.4 is 5.56 Å². The normalized spacial score (nSPS) is 18.7. The van der Waals surface area contributed by atoms with E-state index in [1.807, 2.05) is 4.90 Å². The van der Waals surface area contributed by atoms with E-state index < -0.39 is 0 Å². The minimum absolute atomic E-state index is 0.124. The topological polar surface area (TPSA) is 42.3 Å². The SMILES string of the molecule is Cn1cccc(C(=O)N2CCC(=C3CC3)CC2)c1=O. The number of piperidine rings is 1. The smallest absolute Gasteiger partial charge is 0.263 e. The molecule has 1 saturated carbocycles. The van der Waals surface area contributed by atoms with Crippen molar-refractivity contribution in [2.75, 3.05) is 13.1 Å². The van der Waals surface area contributed by atoms with Crippen molar-refractivity contribution in [1.82, 2.24) is 9.47 Å². The standard InChI is InChI=1S/C15H18N2O2/c1-16-8-2-3-13(14(16)18)15(19)17-9-6-12(7-10-17)11-4-5-11/h2-3,8H,4-7,9-10H2,1H3. The number of likely N-dealkylation sites (tertiary alicyclic amines) is 1. The highest BCUT2D eigenvalue weighted by molar-refractivity contribution is 5.93. The van der Waals surface area contributed by atoms with Gasteiger partial charge in [0.25, 0.3) is 11.5 Å². The molecule has 100 valence electrons. The summed E-state index contributed by atoms with van der Waals surface area (Å²) in [7, 11) is 1.67. The Kier molecular flexibility index (Phi) is 3.01. The number of nitrogens with zero attached hydrogens (tertiary/aromatic N) is 2. The monoisotopic (exact) mass is 258 g/mol. The molecule has 19 heavy (non-hydrogen) atoms. The third-order valence-corrected chi connectivity index (χ3v) is 4.01. The molecule has 4 heteroatoms. The number of hydrogen-bond acceptors (Lipinski definition) is 2. The van der Waals surface area contributed by atoms with E-state index in [0.29, 0.717) is 0 Å². The minimum atomic E-state index is -0.209. The molecule has 2 fully saturated rings. The summed E-state index contributed by atoms with van der Waals surface area (Å²) < 4.78 is 1.45. The van der Waals surface area contributed by atoms with E-state index in [4.69, 9.17) is 0 Å².